The average molecular weight is 355 g/mol. The van der Waals surface area contributed by atoms with Crippen molar-refractivity contribution in [2.45, 2.75) is 59.4 Å². The van der Waals surface area contributed by atoms with Gasteiger partial charge in [0.1, 0.15) is 11.5 Å². The fraction of sp³-hybridized carbons (Fsp3) is 0.565. The van der Waals surface area contributed by atoms with Gasteiger partial charge in [-0.05, 0) is 63.4 Å². The molecular weight excluding hydrogens is 320 g/mol. The van der Waals surface area contributed by atoms with Gasteiger partial charge in [-0.15, -0.1) is 0 Å². The molecule has 26 heavy (non-hydrogen) atoms. The summed E-state index contributed by atoms with van der Waals surface area (Å²) in [4.78, 5) is 5.19. The van der Waals surface area contributed by atoms with Gasteiger partial charge in [0.25, 0.3) is 0 Å². The van der Waals surface area contributed by atoms with Crippen molar-refractivity contribution in [3.8, 4) is 0 Å². The third kappa shape index (κ3) is 4.15. The first-order valence-corrected chi connectivity index (χ1v) is 9.89. The van der Waals surface area contributed by atoms with Gasteiger partial charge in [0, 0.05) is 43.3 Å². The Kier molecular flexibility index (Phi) is 5.47. The Morgan fingerprint density at radius 1 is 1.00 bits per heavy atom. The number of anilines is 1. The fourth-order valence-electron chi connectivity index (χ4n) is 4.23. The molecule has 1 unspecified atom stereocenters. The number of furan rings is 1. The number of nitrogens with zero attached hydrogens (tertiary/aromatic N) is 2. The van der Waals surface area contributed by atoms with E-state index in [4.69, 9.17) is 4.42 Å². The van der Waals surface area contributed by atoms with E-state index in [2.05, 4.69) is 74.8 Å². The van der Waals surface area contributed by atoms with Crippen LogP contribution in [-0.4, -0.2) is 37.1 Å². The van der Waals surface area contributed by atoms with Crippen LogP contribution in [0, 0.1) is 20.8 Å². The second-order valence-electron chi connectivity index (χ2n) is 8.66. The molecule has 1 fully saturated rings. The van der Waals surface area contributed by atoms with Gasteiger partial charge in [0.05, 0.1) is 0 Å². The summed E-state index contributed by atoms with van der Waals surface area (Å²) in [6.45, 7) is 17.9. The van der Waals surface area contributed by atoms with Gasteiger partial charge in [-0.2, -0.15) is 0 Å². The summed E-state index contributed by atoms with van der Waals surface area (Å²) in [5, 5.41) is 0. The standard InChI is InChI=1S/C23H34N2O/c1-17-7-8-18(2)21(15-17)25-13-11-24(12-14-25)19(3)16-23(5,6)22-10-9-20(4)26-22/h7-10,15,19H,11-14,16H2,1-6H3. The number of hydrogen-bond donors (Lipinski definition) is 0. The molecular formula is C23H34N2O. The lowest BCUT2D eigenvalue weighted by Gasteiger charge is -2.41. The third-order valence-corrected chi connectivity index (χ3v) is 5.86. The maximum absolute atomic E-state index is 5.91. The van der Waals surface area contributed by atoms with Crippen molar-refractivity contribution in [1.82, 2.24) is 4.90 Å². The van der Waals surface area contributed by atoms with Crippen molar-refractivity contribution in [2.24, 2.45) is 0 Å². The lowest BCUT2D eigenvalue weighted by atomic mass is 9.83. The van der Waals surface area contributed by atoms with Gasteiger partial charge in [-0.3, -0.25) is 4.90 Å². The van der Waals surface area contributed by atoms with Gasteiger partial charge in [-0.25, -0.2) is 0 Å². The molecule has 1 aliphatic heterocycles. The predicted molar refractivity (Wildman–Crippen MR) is 110 cm³/mol. The van der Waals surface area contributed by atoms with Crippen LogP contribution < -0.4 is 4.90 Å². The monoisotopic (exact) mass is 354 g/mol. The van der Waals surface area contributed by atoms with Gasteiger partial charge in [0.15, 0.2) is 0 Å². The average Bonchev–Trinajstić information content (AvgIpc) is 3.04. The molecule has 1 aromatic carbocycles. The van der Waals surface area contributed by atoms with E-state index in [0.717, 1.165) is 44.1 Å². The summed E-state index contributed by atoms with van der Waals surface area (Å²) in [6.07, 6.45) is 1.11. The molecule has 1 aliphatic rings. The minimum absolute atomic E-state index is 0.0674. The van der Waals surface area contributed by atoms with Crippen molar-refractivity contribution < 1.29 is 4.42 Å². The zero-order valence-corrected chi connectivity index (χ0v) is 17.3. The Morgan fingerprint density at radius 2 is 1.69 bits per heavy atom. The largest absolute Gasteiger partial charge is 0.466 e. The van der Waals surface area contributed by atoms with Crippen LogP contribution in [0.25, 0.3) is 0 Å². The Labute approximate surface area is 159 Å². The molecule has 0 saturated carbocycles. The first kappa shape index (κ1) is 19.0. The Morgan fingerprint density at radius 3 is 2.31 bits per heavy atom. The summed E-state index contributed by atoms with van der Waals surface area (Å²) in [5.41, 5.74) is 4.20. The van der Waals surface area contributed by atoms with E-state index in [1.54, 1.807) is 0 Å². The molecule has 0 N–H and O–H groups in total. The Bertz CT molecular complexity index is 738. The van der Waals surface area contributed by atoms with Crippen molar-refractivity contribution in [2.75, 3.05) is 31.1 Å². The molecule has 1 saturated heterocycles. The van der Waals surface area contributed by atoms with E-state index < -0.39 is 0 Å². The van der Waals surface area contributed by atoms with Crippen LogP contribution in [0.3, 0.4) is 0 Å². The molecule has 2 heterocycles. The van der Waals surface area contributed by atoms with Crippen LogP contribution in [0.1, 0.15) is 49.8 Å². The van der Waals surface area contributed by atoms with Gasteiger partial charge in [-0.1, -0.05) is 26.0 Å². The van der Waals surface area contributed by atoms with Crippen molar-refractivity contribution in [3.05, 3.63) is 53.0 Å². The van der Waals surface area contributed by atoms with E-state index >= 15 is 0 Å². The highest BCUT2D eigenvalue weighted by Gasteiger charge is 2.30. The number of piperazine rings is 1. The van der Waals surface area contributed by atoms with E-state index in [1.807, 2.05) is 6.92 Å². The van der Waals surface area contributed by atoms with Crippen LogP contribution in [0.2, 0.25) is 0 Å². The predicted octanol–water partition coefficient (Wildman–Crippen LogP) is 5.08. The van der Waals surface area contributed by atoms with Crippen LogP contribution in [-0.2, 0) is 5.41 Å². The second kappa shape index (κ2) is 7.48. The van der Waals surface area contributed by atoms with E-state index in [9.17, 15) is 0 Å². The van der Waals surface area contributed by atoms with Crippen molar-refractivity contribution >= 4 is 5.69 Å². The maximum Gasteiger partial charge on any atom is 0.109 e. The minimum atomic E-state index is 0.0674. The van der Waals surface area contributed by atoms with E-state index in [0.29, 0.717) is 6.04 Å². The van der Waals surface area contributed by atoms with E-state index in [1.165, 1.54) is 16.8 Å². The highest BCUT2D eigenvalue weighted by Crippen LogP contribution is 2.32. The SMILES string of the molecule is Cc1ccc(C)c(N2CCN(C(C)CC(C)(C)c3ccc(C)o3)CC2)c1. The maximum atomic E-state index is 5.91. The van der Waals surface area contributed by atoms with Crippen LogP contribution in [0.5, 0.6) is 0 Å². The molecule has 2 aromatic rings. The van der Waals surface area contributed by atoms with Crippen LogP contribution >= 0.6 is 0 Å². The molecule has 3 heteroatoms. The molecule has 1 aromatic heterocycles. The molecule has 0 aliphatic carbocycles. The topological polar surface area (TPSA) is 19.6 Å². The van der Waals surface area contributed by atoms with Crippen molar-refractivity contribution in [1.29, 1.82) is 0 Å². The first-order chi connectivity index (χ1) is 12.3. The van der Waals surface area contributed by atoms with Gasteiger partial charge >= 0.3 is 0 Å². The number of hydrogen-bond acceptors (Lipinski definition) is 3. The first-order valence-electron chi connectivity index (χ1n) is 9.89. The summed E-state index contributed by atoms with van der Waals surface area (Å²) in [6, 6.07) is 11.5. The summed E-state index contributed by atoms with van der Waals surface area (Å²) < 4.78 is 5.91. The normalized spacial score (nSPS) is 17.5. The molecule has 0 bridgehead atoms. The van der Waals surface area contributed by atoms with Gasteiger partial charge in [0.2, 0.25) is 0 Å². The molecule has 0 spiro atoms. The smallest absolute Gasteiger partial charge is 0.109 e. The summed E-state index contributed by atoms with van der Waals surface area (Å²) in [7, 11) is 0. The molecule has 3 rings (SSSR count). The number of aryl methyl sites for hydroxylation is 3. The Balaban J connectivity index is 1.60. The number of rotatable bonds is 5. The molecule has 3 nitrogen and oxygen atoms in total. The number of benzene rings is 1. The summed E-state index contributed by atoms with van der Waals surface area (Å²) >= 11 is 0. The third-order valence-electron chi connectivity index (χ3n) is 5.86. The molecule has 1 atom stereocenters. The van der Waals surface area contributed by atoms with Crippen LogP contribution in [0.4, 0.5) is 5.69 Å². The lowest BCUT2D eigenvalue weighted by Crippen LogP contribution is -2.50. The van der Waals surface area contributed by atoms with Crippen LogP contribution in [0.15, 0.2) is 34.7 Å². The quantitative estimate of drug-likeness (QED) is 0.746. The minimum Gasteiger partial charge on any atom is -0.466 e. The highest BCUT2D eigenvalue weighted by molar-refractivity contribution is 5.55. The Hall–Kier alpha value is -1.74. The molecule has 0 amide bonds. The highest BCUT2D eigenvalue weighted by atomic mass is 16.3. The zero-order valence-electron chi connectivity index (χ0n) is 17.3. The molecule has 0 radical (unpaired) electrons. The van der Waals surface area contributed by atoms with Gasteiger partial charge < -0.3 is 9.32 Å². The van der Waals surface area contributed by atoms with E-state index in [-0.39, 0.29) is 5.41 Å². The lowest BCUT2D eigenvalue weighted by molar-refractivity contribution is 0.161. The summed E-state index contributed by atoms with van der Waals surface area (Å²) in [5.74, 6) is 2.11. The van der Waals surface area contributed by atoms with Crippen molar-refractivity contribution in [3.63, 3.8) is 0 Å². The fourth-order valence-corrected chi connectivity index (χ4v) is 4.23. The zero-order chi connectivity index (χ0) is 18.9. The second-order valence-corrected chi connectivity index (χ2v) is 8.66. The molecule has 142 valence electrons.